The van der Waals surface area contributed by atoms with Crippen LogP contribution in [0.15, 0.2) is 23.3 Å². The molecular formula is C11H13F3N4O2. The zero-order valence-electron chi connectivity index (χ0n) is 10.2. The Morgan fingerprint density at radius 2 is 1.95 bits per heavy atom. The number of nitrogen functional groups attached to an aromatic ring is 1. The molecule has 0 saturated carbocycles. The first kappa shape index (κ1) is 16.1. The van der Waals surface area contributed by atoms with Crippen molar-refractivity contribution < 1.29 is 23.4 Å². The Morgan fingerprint density at radius 3 is 2.50 bits per heavy atom. The SMILES string of the molecule is [N-]=[N+]=NCCC(O)C(O)c1cc(N)cc(C(F)(F)F)c1. The van der Waals surface area contributed by atoms with Crippen LogP contribution >= 0.6 is 0 Å². The Hall–Kier alpha value is -1.96. The quantitative estimate of drug-likeness (QED) is 0.334. The molecule has 0 spiro atoms. The second-order valence-electron chi connectivity index (χ2n) is 4.14. The molecule has 2 atom stereocenters. The third kappa shape index (κ3) is 4.30. The van der Waals surface area contributed by atoms with Crippen LogP contribution in [-0.2, 0) is 6.18 Å². The first-order valence-corrected chi connectivity index (χ1v) is 5.60. The number of anilines is 1. The second-order valence-corrected chi connectivity index (χ2v) is 4.14. The highest BCUT2D eigenvalue weighted by Crippen LogP contribution is 2.33. The standard InChI is InChI=1S/C11H13F3N4O2/c12-11(13,14)7-3-6(4-8(15)5-7)10(20)9(19)1-2-17-18-16/h3-5,9-10,19-20H,1-2,15H2. The lowest BCUT2D eigenvalue weighted by atomic mass is 9.99. The number of hydrogen-bond donors (Lipinski definition) is 3. The molecule has 110 valence electrons. The summed E-state index contributed by atoms with van der Waals surface area (Å²) in [6.45, 7) is -0.0802. The second kappa shape index (κ2) is 6.47. The summed E-state index contributed by atoms with van der Waals surface area (Å²) in [5.41, 5.74) is 12.1. The number of aliphatic hydroxyl groups excluding tert-OH is 2. The van der Waals surface area contributed by atoms with E-state index in [2.05, 4.69) is 10.0 Å². The van der Waals surface area contributed by atoms with Crippen LogP contribution in [0.3, 0.4) is 0 Å². The largest absolute Gasteiger partial charge is 0.416 e. The number of nitrogens with two attached hydrogens (primary N) is 1. The van der Waals surface area contributed by atoms with Gasteiger partial charge in [-0.25, -0.2) is 0 Å². The van der Waals surface area contributed by atoms with Gasteiger partial charge in [0.15, 0.2) is 0 Å². The molecule has 20 heavy (non-hydrogen) atoms. The van der Waals surface area contributed by atoms with E-state index in [1.165, 1.54) is 0 Å². The van der Waals surface area contributed by atoms with Gasteiger partial charge >= 0.3 is 6.18 Å². The lowest BCUT2D eigenvalue weighted by molar-refractivity contribution is -0.137. The highest BCUT2D eigenvalue weighted by molar-refractivity contribution is 5.46. The van der Waals surface area contributed by atoms with E-state index in [9.17, 15) is 23.4 Å². The molecule has 9 heteroatoms. The maximum Gasteiger partial charge on any atom is 0.416 e. The molecule has 0 bridgehead atoms. The van der Waals surface area contributed by atoms with E-state index in [1.54, 1.807) is 0 Å². The van der Waals surface area contributed by atoms with Crippen molar-refractivity contribution >= 4 is 5.69 Å². The van der Waals surface area contributed by atoms with Crippen LogP contribution in [0, 0.1) is 0 Å². The molecule has 6 nitrogen and oxygen atoms in total. The number of benzene rings is 1. The zero-order chi connectivity index (χ0) is 15.3. The molecule has 0 aliphatic heterocycles. The molecule has 1 rings (SSSR count). The minimum Gasteiger partial charge on any atom is -0.399 e. The Morgan fingerprint density at radius 1 is 1.30 bits per heavy atom. The molecule has 0 radical (unpaired) electrons. The molecule has 1 aromatic rings. The number of rotatable bonds is 5. The summed E-state index contributed by atoms with van der Waals surface area (Å²) in [6.07, 6.45) is -7.58. The fourth-order valence-corrected chi connectivity index (χ4v) is 1.63. The van der Waals surface area contributed by atoms with Gasteiger partial charge in [-0.3, -0.25) is 0 Å². The molecule has 4 N–H and O–H groups in total. The van der Waals surface area contributed by atoms with Gasteiger partial charge in [-0.05, 0) is 35.7 Å². The molecule has 0 aliphatic rings. The van der Waals surface area contributed by atoms with Gasteiger partial charge in [-0.2, -0.15) is 13.2 Å². The minimum atomic E-state index is -4.60. The van der Waals surface area contributed by atoms with Crippen LogP contribution < -0.4 is 5.73 Å². The van der Waals surface area contributed by atoms with Crippen LogP contribution in [0.25, 0.3) is 10.4 Å². The van der Waals surface area contributed by atoms with E-state index < -0.39 is 23.9 Å². The molecule has 1 aromatic carbocycles. The van der Waals surface area contributed by atoms with Crippen LogP contribution in [0.4, 0.5) is 18.9 Å². The summed E-state index contributed by atoms with van der Waals surface area (Å²) in [5, 5.41) is 22.6. The monoisotopic (exact) mass is 290 g/mol. The zero-order valence-corrected chi connectivity index (χ0v) is 10.2. The summed E-state index contributed by atoms with van der Waals surface area (Å²) in [7, 11) is 0. The van der Waals surface area contributed by atoms with Gasteiger partial charge < -0.3 is 15.9 Å². The van der Waals surface area contributed by atoms with E-state index in [-0.39, 0.29) is 24.2 Å². The number of halogens is 3. The Balaban J connectivity index is 2.95. The van der Waals surface area contributed by atoms with E-state index in [0.29, 0.717) is 0 Å². The fourth-order valence-electron chi connectivity index (χ4n) is 1.63. The van der Waals surface area contributed by atoms with Gasteiger partial charge in [0.2, 0.25) is 0 Å². The molecular weight excluding hydrogens is 277 g/mol. The van der Waals surface area contributed by atoms with Gasteiger partial charge in [-0.1, -0.05) is 5.11 Å². The molecule has 0 amide bonds. The lowest BCUT2D eigenvalue weighted by Crippen LogP contribution is -2.20. The van der Waals surface area contributed by atoms with Gasteiger partial charge in [-0.15, -0.1) is 0 Å². The van der Waals surface area contributed by atoms with Crippen molar-refractivity contribution in [3.05, 3.63) is 39.8 Å². The summed E-state index contributed by atoms with van der Waals surface area (Å²) < 4.78 is 37.8. The Labute approximate surface area is 112 Å². The summed E-state index contributed by atoms with van der Waals surface area (Å²) in [5.74, 6) is 0. The van der Waals surface area contributed by atoms with Crippen molar-refractivity contribution in [1.82, 2.24) is 0 Å². The van der Waals surface area contributed by atoms with E-state index >= 15 is 0 Å². The number of aliphatic hydroxyl groups is 2. The Kier molecular flexibility index (Phi) is 5.20. The van der Waals surface area contributed by atoms with Crippen LogP contribution in [0.5, 0.6) is 0 Å². The van der Waals surface area contributed by atoms with E-state index in [1.807, 2.05) is 0 Å². The molecule has 2 unspecified atom stereocenters. The third-order valence-corrected chi connectivity index (χ3v) is 2.60. The maximum absolute atomic E-state index is 12.6. The average molecular weight is 290 g/mol. The molecule has 0 aliphatic carbocycles. The molecule has 0 heterocycles. The minimum absolute atomic E-state index is 0.0802. The number of nitrogens with zero attached hydrogens (tertiary/aromatic N) is 3. The van der Waals surface area contributed by atoms with Crippen LogP contribution in [-0.4, -0.2) is 22.9 Å². The normalized spacial score (nSPS) is 14.4. The number of azide groups is 1. The van der Waals surface area contributed by atoms with Gasteiger partial charge in [0, 0.05) is 17.1 Å². The lowest BCUT2D eigenvalue weighted by Gasteiger charge is -2.19. The molecule has 0 fully saturated rings. The molecule has 0 saturated heterocycles. The number of hydrogen-bond acceptors (Lipinski definition) is 4. The van der Waals surface area contributed by atoms with Gasteiger partial charge in [0.25, 0.3) is 0 Å². The maximum atomic E-state index is 12.6. The van der Waals surface area contributed by atoms with Crippen molar-refractivity contribution in [2.45, 2.75) is 24.8 Å². The summed E-state index contributed by atoms with van der Waals surface area (Å²) in [4.78, 5) is 2.46. The van der Waals surface area contributed by atoms with Crippen LogP contribution in [0.1, 0.15) is 23.7 Å². The van der Waals surface area contributed by atoms with Crippen molar-refractivity contribution in [1.29, 1.82) is 0 Å². The van der Waals surface area contributed by atoms with Gasteiger partial charge in [0.05, 0.1) is 11.7 Å². The van der Waals surface area contributed by atoms with Crippen molar-refractivity contribution in [2.24, 2.45) is 5.11 Å². The topological polar surface area (TPSA) is 115 Å². The highest BCUT2D eigenvalue weighted by atomic mass is 19.4. The highest BCUT2D eigenvalue weighted by Gasteiger charge is 2.32. The Bertz CT molecular complexity index is 515. The van der Waals surface area contributed by atoms with Crippen molar-refractivity contribution in [2.75, 3.05) is 12.3 Å². The van der Waals surface area contributed by atoms with Crippen LogP contribution in [0.2, 0.25) is 0 Å². The first-order valence-electron chi connectivity index (χ1n) is 5.60. The van der Waals surface area contributed by atoms with Gasteiger partial charge in [0.1, 0.15) is 6.10 Å². The smallest absolute Gasteiger partial charge is 0.399 e. The predicted molar refractivity (Wildman–Crippen MR) is 65.5 cm³/mol. The van der Waals surface area contributed by atoms with E-state index in [0.717, 1.165) is 18.2 Å². The fraction of sp³-hybridized carbons (Fsp3) is 0.455. The summed E-state index contributed by atoms with van der Waals surface area (Å²) in [6, 6.07) is 2.61. The van der Waals surface area contributed by atoms with E-state index in [4.69, 9.17) is 11.3 Å². The predicted octanol–water partition coefficient (Wildman–Crippen LogP) is 2.38. The van der Waals surface area contributed by atoms with Crippen molar-refractivity contribution in [3.63, 3.8) is 0 Å². The van der Waals surface area contributed by atoms with Crippen molar-refractivity contribution in [3.8, 4) is 0 Å². The number of alkyl halides is 3. The average Bonchev–Trinajstić information content (AvgIpc) is 2.36. The first-order chi connectivity index (χ1) is 9.25. The molecule has 0 aromatic heterocycles. The third-order valence-electron chi connectivity index (χ3n) is 2.60. The summed E-state index contributed by atoms with van der Waals surface area (Å²) >= 11 is 0.